The molecule has 2 heterocycles. The van der Waals surface area contributed by atoms with Crippen LogP contribution in [0.25, 0.3) is 6.08 Å². The molecular weight excluding hydrogens is 338 g/mol. The van der Waals surface area contributed by atoms with Crippen molar-refractivity contribution in [3.63, 3.8) is 0 Å². The van der Waals surface area contributed by atoms with E-state index >= 15 is 0 Å². The number of hydrogen-bond acceptors (Lipinski definition) is 2. The molecule has 1 aliphatic rings. The molecule has 0 unspecified atom stereocenters. The zero-order valence-corrected chi connectivity index (χ0v) is 15.2. The predicted octanol–water partition coefficient (Wildman–Crippen LogP) is 3.87. The third-order valence-electron chi connectivity index (χ3n) is 4.48. The van der Waals surface area contributed by atoms with Crippen LogP contribution in [-0.4, -0.2) is 21.4 Å². The van der Waals surface area contributed by atoms with Gasteiger partial charge >= 0.3 is 6.03 Å². The standard InChI is InChI=1S/C19H20ClN3O2/c1-4-22-12(2)9-15(13(22)3)10-17-18(24)23(19(25)21-17)11-14-7-5-6-8-16(14)20/h5-10H,4,11H2,1-3H3,(H,21,25). The molecule has 1 N–H and O–H groups in total. The minimum Gasteiger partial charge on any atom is -0.349 e. The molecule has 25 heavy (non-hydrogen) atoms. The van der Waals surface area contributed by atoms with Crippen LogP contribution in [0, 0.1) is 13.8 Å². The van der Waals surface area contributed by atoms with E-state index in [2.05, 4.69) is 16.8 Å². The summed E-state index contributed by atoms with van der Waals surface area (Å²) in [5.74, 6) is -0.341. The molecule has 3 amide bonds. The van der Waals surface area contributed by atoms with E-state index in [1.54, 1.807) is 18.2 Å². The second kappa shape index (κ2) is 6.76. The van der Waals surface area contributed by atoms with E-state index in [0.29, 0.717) is 5.02 Å². The first-order valence-electron chi connectivity index (χ1n) is 8.17. The Morgan fingerprint density at radius 3 is 2.56 bits per heavy atom. The van der Waals surface area contributed by atoms with E-state index < -0.39 is 6.03 Å². The average Bonchev–Trinajstić information content (AvgIpc) is 2.99. The number of rotatable bonds is 4. The first-order chi connectivity index (χ1) is 11.9. The van der Waals surface area contributed by atoms with Crippen LogP contribution < -0.4 is 5.32 Å². The highest BCUT2D eigenvalue weighted by Gasteiger charge is 2.34. The highest BCUT2D eigenvalue weighted by Crippen LogP contribution is 2.23. The summed E-state index contributed by atoms with van der Waals surface area (Å²) in [7, 11) is 0. The monoisotopic (exact) mass is 357 g/mol. The summed E-state index contributed by atoms with van der Waals surface area (Å²) in [6.45, 7) is 7.11. The maximum Gasteiger partial charge on any atom is 0.329 e. The molecule has 1 aliphatic heterocycles. The van der Waals surface area contributed by atoms with Gasteiger partial charge < -0.3 is 9.88 Å². The van der Waals surface area contributed by atoms with Crippen LogP contribution in [0.3, 0.4) is 0 Å². The van der Waals surface area contributed by atoms with E-state index in [1.165, 1.54) is 4.90 Å². The summed E-state index contributed by atoms with van der Waals surface area (Å²) in [4.78, 5) is 26.0. The van der Waals surface area contributed by atoms with E-state index in [4.69, 9.17) is 11.6 Å². The molecule has 1 saturated heterocycles. The van der Waals surface area contributed by atoms with Gasteiger partial charge in [-0.25, -0.2) is 4.79 Å². The van der Waals surface area contributed by atoms with Crippen LogP contribution >= 0.6 is 11.6 Å². The van der Waals surface area contributed by atoms with Crippen molar-refractivity contribution >= 4 is 29.6 Å². The van der Waals surface area contributed by atoms with Crippen molar-refractivity contribution in [2.24, 2.45) is 0 Å². The van der Waals surface area contributed by atoms with Crippen molar-refractivity contribution in [2.45, 2.75) is 33.9 Å². The van der Waals surface area contributed by atoms with Crippen LogP contribution in [0.2, 0.25) is 5.02 Å². The Morgan fingerprint density at radius 2 is 1.92 bits per heavy atom. The van der Waals surface area contributed by atoms with E-state index in [0.717, 1.165) is 29.1 Å². The summed E-state index contributed by atoms with van der Waals surface area (Å²) in [5, 5.41) is 3.20. The van der Waals surface area contributed by atoms with Crippen molar-refractivity contribution in [1.82, 2.24) is 14.8 Å². The molecule has 1 aromatic heterocycles. The highest BCUT2D eigenvalue weighted by atomic mass is 35.5. The van der Waals surface area contributed by atoms with Crippen LogP contribution in [0.15, 0.2) is 36.0 Å². The smallest absolute Gasteiger partial charge is 0.329 e. The minimum atomic E-state index is -0.430. The largest absolute Gasteiger partial charge is 0.349 e. The number of nitrogens with zero attached hydrogens (tertiary/aromatic N) is 2. The maximum absolute atomic E-state index is 12.6. The van der Waals surface area contributed by atoms with Crippen LogP contribution in [0.4, 0.5) is 4.79 Å². The van der Waals surface area contributed by atoms with Gasteiger partial charge in [-0.05, 0) is 50.1 Å². The Balaban J connectivity index is 1.87. The van der Waals surface area contributed by atoms with Gasteiger partial charge in [-0.15, -0.1) is 0 Å². The molecule has 0 bridgehead atoms. The molecule has 0 aliphatic carbocycles. The number of hydrogen-bond donors (Lipinski definition) is 1. The molecule has 5 nitrogen and oxygen atoms in total. The maximum atomic E-state index is 12.6. The molecule has 6 heteroatoms. The highest BCUT2D eigenvalue weighted by molar-refractivity contribution is 6.31. The summed E-state index contributed by atoms with van der Waals surface area (Å²) in [5.41, 5.74) is 4.14. The number of amides is 3. The molecule has 0 spiro atoms. The van der Waals surface area contributed by atoms with Gasteiger partial charge in [0, 0.05) is 23.0 Å². The Morgan fingerprint density at radius 1 is 1.20 bits per heavy atom. The van der Waals surface area contributed by atoms with Gasteiger partial charge in [0.15, 0.2) is 0 Å². The number of aromatic nitrogens is 1. The van der Waals surface area contributed by atoms with Crippen molar-refractivity contribution in [2.75, 3.05) is 0 Å². The SMILES string of the molecule is CCn1c(C)cc(C=C2NC(=O)N(Cc3ccccc3Cl)C2=O)c1C. The molecule has 2 aromatic rings. The third-order valence-corrected chi connectivity index (χ3v) is 4.85. The molecule has 0 saturated carbocycles. The number of aryl methyl sites for hydroxylation is 1. The van der Waals surface area contributed by atoms with Crippen molar-refractivity contribution in [3.8, 4) is 0 Å². The number of urea groups is 1. The van der Waals surface area contributed by atoms with Gasteiger partial charge in [0.05, 0.1) is 6.54 Å². The normalized spacial score (nSPS) is 16.0. The van der Waals surface area contributed by atoms with Gasteiger partial charge in [-0.2, -0.15) is 0 Å². The lowest BCUT2D eigenvalue weighted by Crippen LogP contribution is -2.30. The molecule has 130 valence electrons. The number of carbonyl (C=O) groups excluding carboxylic acids is 2. The van der Waals surface area contributed by atoms with Crippen LogP contribution in [0.5, 0.6) is 0 Å². The first-order valence-corrected chi connectivity index (χ1v) is 8.54. The van der Waals surface area contributed by atoms with Gasteiger partial charge in [0.1, 0.15) is 5.70 Å². The summed E-state index contributed by atoms with van der Waals surface area (Å²) in [6.07, 6.45) is 1.74. The zero-order valence-electron chi connectivity index (χ0n) is 14.5. The van der Waals surface area contributed by atoms with Gasteiger partial charge in [0.2, 0.25) is 0 Å². The number of halogens is 1. The lowest BCUT2D eigenvalue weighted by Gasteiger charge is -2.12. The second-order valence-electron chi connectivity index (χ2n) is 6.04. The number of carbonyl (C=O) groups is 2. The fourth-order valence-corrected chi connectivity index (χ4v) is 3.32. The predicted molar refractivity (Wildman–Crippen MR) is 98.1 cm³/mol. The van der Waals surface area contributed by atoms with Crippen molar-refractivity contribution < 1.29 is 9.59 Å². The Bertz CT molecular complexity index is 883. The summed E-state index contributed by atoms with van der Waals surface area (Å²) in [6, 6.07) is 8.77. The zero-order chi connectivity index (χ0) is 18.1. The fourth-order valence-electron chi connectivity index (χ4n) is 3.13. The lowest BCUT2D eigenvalue weighted by molar-refractivity contribution is -0.123. The summed E-state index contributed by atoms with van der Waals surface area (Å²) >= 11 is 6.13. The number of imide groups is 1. The minimum absolute atomic E-state index is 0.148. The average molecular weight is 358 g/mol. The molecular formula is C19H20ClN3O2. The molecule has 3 rings (SSSR count). The van der Waals surface area contributed by atoms with E-state index in [9.17, 15) is 9.59 Å². The number of nitrogens with one attached hydrogen (secondary N) is 1. The quantitative estimate of drug-likeness (QED) is 0.667. The topological polar surface area (TPSA) is 54.3 Å². The van der Waals surface area contributed by atoms with Gasteiger partial charge in [0.25, 0.3) is 5.91 Å². The van der Waals surface area contributed by atoms with E-state index in [1.807, 2.05) is 32.0 Å². The van der Waals surface area contributed by atoms with Gasteiger partial charge in [-0.1, -0.05) is 29.8 Å². The van der Waals surface area contributed by atoms with Crippen molar-refractivity contribution in [3.05, 3.63) is 63.6 Å². The van der Waals surface area contributed by atoms with Gasteiger partial charge in [-0.3, -0.25) is 9.69 Å². The second-order valence-corrected chi connectivity index (χ2v) is 6.45. The summed E-state index contributed by atoms with van der Waals surface area (Å²) < 4.78 is 2.16. The van der Waals surface area contributed by atoms with Crippen LogP contribution in [-0.2, 0) is 17.9 Å². The molecule has 1 fully saturated rings. The fraction of sp³-hybridized carbons (Fsp3) is 0.263. The van der Waals surface area contributed by atoms with Crippen LogP contribution in [0.1, 0.15) is 29.4 Å². The first kappa shape index (κ1) is 17.3. The van der Waals surface area contributed by atoms with Crippen molar-refractivity contribution in [1.29, 1.82) is 0 Å². The Kier molecular flexibility index (Phi) is 4.68. The molecule has 0 atom stereocenters. The molecule has 1 aromatic carbocycles. The number of benzene rings is 1. The Labute approximate surface area is 151 Å². The Hall–Kier alpha value is -2.53. The lowest BCUT2D eigenvalue weighted by atomic mass is 10.2. The van der Waals surface area contributed by atoms with E-state index in [-0.39, 0.29) is 18.1 Å². The molecule has 0 radical (unpaired) electrons. The third kappa shape index (κ3) is 3.20.